The third kappa shape index (κ3) is 2.18. The number of alkyl halides is 1. The summed E-state index contributed by atoms with van der Waals surface area (Å²) in [5, 5.41) is 0.708. The Morgan fingerprint density at radius 1 is 1.23 bits per heavy atom. The zero-order valence-corrected chi connectivity index (χ0v) is 9.22. The van der Waals surface area contributed by atoms with Gasteiger partial charge in [0.2, 0.25) is 0 Å². The molecule has 0 aliphatic carbocycles. The molecule has 1 aromatic rings. The molecule has 0 N–H and O–H groups in total. The lowest BCUT2D eigenvalue weighted by Crippen LogP contribution is -2.10. The van der Waals surface area contributed by atoms with Crippen molar-refractivity contribution in [1.82, 2.24) is 0 Å². The van der Waals surface area contributed by atoms with Gasteiger partial charge in [-0.15, -0.1) is 0 Å². The molecule has 4 heteroatoms. The fourth-order valence-corrected chi connectivity index (χ4v) is 1.54. The first-order valence-corrected chi connectivity index (χ1v) is 4.91. The Kier molecular flexibility index (Phi) is 3.66. The molecular weight excluding hydrogens is 231 g/mol. The molecule has 0 spiro atoms. The summed E-state index contributed by atoms with van der Waals surface area (Å²) in [5.41, 5.74) is 1.70. The van der Waals surface area contributed by atoms with E-state index in [1.165, 1.54) is 0 Å². The molecule has 0 saturated heterocycles. The molecule has 1 aromatic carbocycles. The minimum atomic E-state index is 0.657. The Morgan fingerprint density at radius 2 is 1.77 bits per heavy atom. The van der Waals surface area contributed by atoms with E-state index in [-0.39, 0.29) is 0 Å². The highest BCUT2D eigenvalue weighted by atomic mass is 79.9. The summed E-state index contributed by atoms with van der Waals surface area (Å²) in [6.45, 7) is 0. The fraction of sp³-hybridized carbons (Fsp3) is 0.333. The van der Waals surface area contributed by atoms with Gasteiger partial charge in [-0.3, -0.25) is 0 Å². The second-order valence-corrected chi connectivity index (χ2v) is 3.10. The summed E-state index contributed by atoms with van der Waals surface area (Å²) in [6.07, 6.45) is 0. The van der Waals surface area contributed by atoms with Gasteiger partial charge in [-0.2, -0.15) is 0 Å². The highest BCUT2D eigenvalue weighted by Crippen LogP contribution is 2.26. The SMILES string of the molecule is [B]c1cc(OC)c(OC)cc1CBr. The van der Waals surface area contributed by atoms with Crippen molar-refractivity contribution in [3.05, 3.63) is 17.7 Å². The monoisotopic (exact) mass is 240 g/mol. The van der Waals surface area contributed by atoms with Gasteiger partial charge >= 0.3 is 0 Å². The number of halogens is 1. The number of hydrogen-bond donors (Lipinski definition) is 0. The van der Waals surface area contributed by atoms with Gasteiger partial charge in [0.1, 0.15) is 7.85 Å². The zero-order chi connectivity index (χ0) is 9.84. The van der Waals surface area contributed by atoms with Crippen LogP contribution >= 0.6 is 15.9 Å². The third-order valence-electron chi connectivity index (χ3n) is 1.79. The molecule has 2 radical (unpaired) electrons. The minimum absolute atomic E-state index is 0.657. The molecule has 0 aromatic heterocycles. The fourth-order valence-electron chi connectivity index (χ4n) is 1.05. The Hall–Kier alpha value is -0.635. The lowest BCUT2D eigenvalue weighted by atomic mass is 9.91. The van der Waals surface area contributed by atoms with Gasteiger partial charge in [-0.05, 0) is 17.7 Å². The summed E-state index contributed by atoms with van der Waals surface area (Å²) in [4.78, 5) is 0. The average Bonchev–Trinajstić information content (AvgIpc) is 2.17. The summed E-state index contributed by atoms with van der Waals surface area (Å²) in [6, 6.07) is 3.62. The normalized spacial score (nSPS) is 9.77. The first-order valence-electron chi connectivity index (χ1n) is 3.79. The van der Waals surface area contributed by atoms with E-state index in [0.29, 0.717) is 22.3 Å². The van der Waals surface area contributed by atoms with Crippen LogP contribution in [0.25, 0.3) is 0 Å². The van der Waals surface area contributed by atoms with Crippen molar-refractivity contribution in [2.24, 2.45) is 0 Å². The maximum Gasteiger partial charge on any atom is 0.160 e. The maximum atomic E-state index is 5.77. The Morgan fingerprint density at radius 3 is 2.23 bits per heavy atom. The molecule has 0 aliphatic heterocycles. The molecule has 2 nitrogen and oxygen atoms in total. The standard InChI is InChI=1S/C9H10BBrO2/c1-12-8-3-6(5-11)7(10)4-9(8)13-2/h3-4H,5H2,1-2H3. The molecule has 0 unspecified atom stereocenters. The van der Waals surface area contributed by atoms with Crippen LogP contribution in [0.4, 0.5) is 0 Å². The summed E-state index contributed by atoms with van der Waals surface area (Å²) in [5.74, 6) is 1.36. The van der Waals surface area contributed by atoms with E-state index >= 15 is 0 Å². The van der Waals surface area contributed by atoms with Crippen LogP contribution in [0.15, 0.2) is 12.1 Å². The van der Waals surface area contributed by atoms with E-state index in [0.717, 1.165) is 5.56 Å². The smallest absolute Gasteiger partial charge is 0.160 e. The van der Waals surface area contributed by atoms with Gasteiger partial charge in [0.25, 0.3) is 0 Å². The average molecular weight is 241 g/mol. The van der Waals surface area contributed by atoms with E-state index in [1.54, 1.807) is 20.3 Å². The van der Waals surface area contributed by atoms with Crippen molar-refractivity contribution >= 4 is 29.2 Å². The van der Waals surface area contributed by atoms with Crippen molar-refractivity contribution in [2.45, 2.75) is 5.33 Å². The maximum absolute atomic E-state index is 5.77. The van der Waals surface area contributed by atoms with E-state index in [1.807, 2.05) is 6.07 Å². The number of methoxy groups -OCH3 is 2. The molecule has 0 bridgehead atoms. The van der Waals surface area contributed by atoms with Gasteiger partial charge in [-0.1, -0.05) is 21.4 Å². The topological polar surface area (TPSA) is 18.5 Å². The second-order valence-electron chi connectivity index (χ2n) is 2.54. The van der Waals surface area contributed by atoms with Crippen LogP contribution in [0, 0.1) is 0 Å². The lowest BCUT2D eigenvalue weighted by Gasteiger charge is -2.11. The molecule has 13 heavy (non-hydrogen) atoms. The lowest BCUT2D eigenvalue weighted by molar-refractivity contribution is 0.355. The zero-order valence-electron chi connectivity index (χ0n) is 7.63. The van der Waals surface area contributed by atoms with Crippen molar-refractivity contribution < 1.29 is 9.47 Å². The Bertz CT molecular complexity index is 302. The van der Waals surface area contributed by atoms with Crippen LogP contribution in [0.2, 0.25) is 0 Å². The number of ether oxygens (including phenoxy) is 2. The summed E-state index contributed by atoms with van der Waals surface area (Å²) < 4.78 is 10.2. The first kappa shape index (κ1) is 10.4. The molecule has 1 rings (SSSR count). The third-order valence-corrected chi connectivity index (χ3v) is 2.39. The minimum Gasteiger partial charge on any atom is -0.493 e. The quantitative estimate of drug-likeness (QED) is 0.588. The predicted octanol–water partition coefficient (Wildman–Crippen LogP) is 1.39. The van der Waals surface area contributed by atoms with Crippen LogP contribution in [-0.2, 0) is 5.33 Å². The summed E-state index contributed by atoms with van der Waals surface area (Å²) >= 11 is 3.34. The molecule has 0 heterocycles. The van der Waals surface area contributed by atoms with Crippen LogP contribution < -0.4 is 14.9 Å². The highest BCUT2D eigenvalue weighted by molar-refractivity contribution is 9.08. The van der Waals surface area contributed by atoms with Gasteiger partial charge in [0.15, 0.2) is 11.5 Å². The van der Waals surface area contributed by atoms with Crippen LogP contribution in [0.5, 0.6) is 11.5 Å². The van der Waals surface area contributed by atoms with E-state index in [9.17, 15) is 0 Å². The molecule has 0 amide bonds. The van der Waals surface area contributed by atoms with E-state index in [2.05, 4.69) is 15.9 Å². The Balaban J connectivity index is 3.18. The predicted molar refractivity (Wildman–Crippen MR) is 57.6 cm³/mol. The van der Waals surface area contributed by atoms with Crippen molar-refractivity contribution in [3.63, 3.8) is 0 Å². The molecule has 68 valence electrons. The Labute approximate surface area is 87.8 Å². The number of benzene rings is 1. The molecule has 0 atom stereocenters. The highest BCUT2D eigenvalue weighted by Gasteiger charge is 2.06. The molecule has 0 saturated carbocycles. The van der Waals surface area contributed by atoms with Crippen LogP contribution in [0.3, 0.4) is 0 Å². The summed E-state index contributed by atoms with van der Waals surface area (Å²) in [7, 11) is 8.96. The second kappa shape index (κ2) is 4.56. The number of rotatable bonds is 3. The number of hydrogen-bond acceptors (Lipinski definition) is 2. The van der Waals surface area contributed by atoms with E-state index in [4.69, 9.17) is 17.3 Å². The molecule has 0 aliphatic rings. The van der Waals surface area contributed by atoms with Crippen molar-refractivity contribution in [1.29, 1.82) is 0 Å². The molecule has 0 fully saturated rings. The first-order chi connectivity index (χ1) is 6.22. The van der Waals surface area contributed by atoms with E-state index < -0.39 is 0 Å². The van der Waals surface area contributed by atoms with Gasteiger partial charge in [0.05, 0.1) is 14.2 Å². The largest absolute Gasteiger partial charge is 0.493 e. The van der Waals surface area contributed by atoms with Crippen molar-refractivity contribution in [3.8, 4) is 11.5 Å². The molecular formula is C9H10BBrO2. The van der Waals surface area contributed by atoms with Crippen molar-refractivity contribution in [2.75, 3.05) is 14.2 Å². The van der Waals surface area contributed by atoms with Crippen LogP contribution in [0.1, 0.15) is 5.56 Å². The van der Waals surface area contributed by atoms with Gasteiger partial charge in [-0.25, -0.2) is 0 Å². The van der Waals surface area contributed by atoms with Crippen LogP contribution in [-0.4, -0.2) is 22.1 Å². The van der Waals surface area contributed by atoms with Gasteiger partial charge < -0.3 is 9.47 Å². The van der Waals surface area contributed by atoms with Gasteiger partial charge in [0, 0.05) is 5.33 Å².